The van der Waals surface area contributed by atoms with Crippen molar-refractivity contribution in [3.63, 3.8) is 0 Å². The minimum atomic E-state index is -5.09. The zero-order valence-corrected chi connectivity index (χ0v) is 48.8. The van der Waals surface area contributed by atoms with Crippen LogP contribution in [0.3, 0.4) is 0 Å². The third kappa shape index (κ3) is 42.8. The number of nitrogens with one attached hydrogen (secondary N) is 1. The zero-order chi connectivity index (χ0) is 54.0. The number of aliphatic hydroxyl groups is 4. The van der Waals surface area contributed by atoms with Crippen molar-refractivity contribution in [3.05, 3.63) is 12.2 Å². The molecule has 0 aromatic rings. The minimum absolute atomic E-state index is 0.254. The normalized spacial score (nSPS) is 19.1. The highest BCUT2D eigenvalue weighted by atomic mass is 32.3. The first kappa shape index (κ1) is 70.9. The van der Waals surface area contributed by atoms with E-state index in [0.717, 1.165) is 38.5 Å². The fourth-order valence-corrected chi connectivity index (χ4v) is 11.0. The second-order valence-electron chi connectivity index (χ2n) is 22.4. The van der Waals surface area contributed by atoms with Gasteiger partial charge in [0.1, 0.15) is 24.4 Å². The van der Waals surface area contributed by atoms with E-state index in [1.807, 2.05) is 6.08 Å². The van der Waals surface area contributed by atoms with E-state index in [4.69, 9.17) is 9.47 Å². The van der Waals surface area contributed by atoms with Crippen LogP contribution in [0, 0.1) is 0 Å². The quantitative estimate of drug-likeness (QED) is 0.0193. The summed E-state index contributed by atoms with van der Waals surface area (Å²) in [5.41, 5.74) is 0. The second-order valence-corrected chi connectivity index (χ2v) is 23.4. The van der Waals surface area contributed by atoms with Crippen LogP contribution in [-0.4, -0.2) is 95.4 Å². The van der Waals surface area contributed by atoms with Crippen molar-refractivity contribution in [1.82, 2.24) is 5.32 Å². The van der Waals surface area contributed by atoms with Gasteiger partial charge in [-0.05, 0) is 19.3 Å². The molecule has 74 heavy (non-hydrogen) atoms. The van der Waals surface area contributed by atoms with Crippen molar-refractivity contribution in [2.75, 3.05) is 13.2 Å². The van der Waals surface area contributed by atoms with E-state index in [9.17, 15) is 38.2 Å². The van der Waals surface area contributed by atoms with Gasteiger partial charge in [-0.25, -0.2) is 4.18 Å². The smallest absolute Gasteiger partial charge is 0.394 e. The first-order chi connectivity index (χ1) is 36.0. The number of hydrogen-bond acceptors (Lipinski definition) is 10. The molecule has 1 amide bonds. The van der Waals surface area contributed by atoms with E-state index in [1.54, 1.807) is 6.08 Å². The maximum Gasteiger partial charge on any atom is 0.397 e. The van der Waals surface area contributed by atoms with Crippen molar-refractivity contribution in [3.8, 4) is 0 Å². The van der Waals surface area contributed by atoms with Crippen LogP contribution in [0.4, 0.5) is 0 Å². The fourth-order valence-electron chi connectivity index (χ4n) is 10.5. The van der Waals surface area contributed by atoms with Gasteiger partial charge in [0.25, 0.3) is 0 Å². The van der Waals surface area contributed by atoms with Crippen LogP contribution in [0.2, 0.25) is 0 Å². The molecule has 0 aromatic heterocycles. The number of unbranched alkanes of at least 4 members (excludes halogenated alkanes) is 44. The van der Waals surface area contributed by atoms with Crippen molar-refractivity contribution >= 4 is 16.3 Å². The van der Waals surface area contributed by atoms with E-state index in [0.29, 0.717) is 6.42 Å². The molecule has 1 aliphatic rings. The predicted octanol–water partition coefficient (Wildman–Crippen LogP) is 15.4. The number of carbonyl (C=O) groups is 1. The van der Waals surface area contributed by atoms with Crippen molar-refractivity contribution in [2.45, 2.75) is 358 Å². The zero-order valence-electron chi connectivity index (χ0n) is 47.9. The molecular formula is C61H119NO11S. The van der Waals surface area contributed by atoms with Crippen LogP contribution >= 0.6 is 0 Å². The molecule has 6 N–H and O–H groups in total. The lowest BCUT2D eigenvalue weighted by atomic mass is 9.99. The summed E-state index contributed by atoms with van der Waals surface area (Å²) in [5, 5.41) is 45.1. The van der Waals surface area contributed by atoms with E-state index in [2.05, 4.69) is 23.3 Å². The molecule has 1 heterocycles. The van der Waals surface area contributed by atoms with Gasteiger partial charge >= 0.3 is 10.4 Å². The van der Waals surface area contributed by atoms with Gasteiger partial charge in [-0.1, -0.05) is 302 Å². The van der Waals surface area contributed by atoms with Gasteiger partial charge in [0.05, 0.1) is 25.4 Å². The maximum atomic E-state index is 13.2. The standard InChI is InChI=1S/C61H119NO11S/c1-3-5-7-9-11-13-15-17-19-21-23-25-26-27-28-29-31-33-35-37-39-41-43-45-47-49-51-57(65)62-54(53-71-61-59(67)60(73-74(68,69)70)58(66)56(52-63)72-61)55(64)50-48-46-44-42-40-38-36-34-32-30-24-22-20-18-16-14-12-10-8-6-4-2/h48,50,54-56,58-61,63-64,66-67H,3-47,49,51-53H2,1-2H3,(H,62,65)(H,68,69,70)/b50-48+. The number of carbonyl (C=O) groups excluding carboxylic acids is 1. The highest BCUT2D eigenvalue weighted by Gasteiger charge is 2.48. The van der Waals surface area contributed by atoms with Crippen molar-refractivity contribution < 1.29 is 51.8 Å². The van der Waals surface area contributed by atoms with Crippen LogP contribution in [-0.2, 0) is 28.9 Å². The summed E-state index contributed by atoms with van der Waals surface area (Å²) in [6.07, 6.45) is 54.1. The monoisotopic (exact) mass is 1070 g/mol. The van der Waals surface area contributed by atoms with E-state index in [-0.39, 0.29) is 18.9 Å². The van der Waals surface area contributed by atoms with Crippen LogP contribution in [0.1, 0.15) is 316 Å². The number of aliphatic hydroxyl groups excluding tert-OH is 4. The molecule has 13 heteroatoms. The predicted molar refractivity (Wildman–Crippen MR) is 306 cm³/mol. The summed E-state index contributed by atoms with van der Waals surface area (Å²) in [5.74, 6) is -0.254. The lowest BCUT2D eigenvalue weighted by Gasteiger charge is -2.41. The van der Waals surface area contributed by atoms with E-state index in [1.165, 1.54) is 250 Å². The third-order valence-electron chi connectivity index (χ3n) is 15.3. The van der Waals surface area contributed by atoms with Gasteiger partial charge in [0.2, 0.25) is 5.91 Å². The third-order valence-corrected chi connectivity index (χ3v) is 15.8. The van der Waals surface area contributed by atoms with Gasteiger partial charge < -0.3 is 35.2 Å². The first-order valence-corrected chi connectivity index (χ1v) is 32.9. The van der Waals surface area contributed by atoms with Crippen LogP contribution in [0.25, 0.3) is 0 Å². The number of ether oxygens (including phenoxy) is 2. The molecule has 1 saturated heterocycles. The Labute approximate surface area is 455 Å². The van der Waals surface area contributed by atoms with E-state index < -0.39 is 59.9 Å². The Kier molecular flexibility index (Phi) is 49.1. The van der Waals surface area contributed by atoms with Gasteiger partial charge in [-0.3, -0.25) is 9.35 Å². The largest absolute Gasteiger partial charge is 0.397 e. The number of hydrogen-bond donors (Lipinski definition) is 6. The summed E-state index contributed by atoms with van der Waals surface area (Å²) < 4.78 is 47.9. The van der Waals surface area contributed by atoms with Crippen LogP contribution < -0.4 is 5.32 Å². The fraction of sp³-hybridized carbons (Fsp3) is 0.951. The Bertz CT molecular complexity index is 1350. The molecule has 0 radical (unpaired) electrons. The molecule has 0 bridgehead atoms. The SMILES string of the molecule is CCCCCCCCCCCCCCCCCCCCC/C=C/C(O)C(COC1OC(CO)C(O)C(OS(=O)(=O)O)C1O)NC(=O)CCCCCCCCCCCCCCCCCCCCCCCCCCCC. The summed E-state index contributed by atoms with van der Waals surface area (Å²) in [7, 11) is -5.09. The Morgan fingerprint density at radius 1 is 0.527 bits per heavy atom. The van der Waals surface area contributed by atoms with Gasteiger partial charge in [-0.15, -0.1) is 0 Å². The van der Waals surface area contributed by atoms with Gasteiger partial charge in [-0.2, -0.15) is 8.42 Å². The average molecular weight is 1070 g/mol. The highest BCUT2D eigenvalue weighted by molar-refractivity contribution is 7.80. The van der Waals surface area contributed by atoms with Crippen molar-refractivity contribution in [2.24, 2.45) is 0 Å². The van der Waals surface area contributed by atoms with Crippen LogP contribution in [0.15, 0.2) is 12.2 Å². The molecule has 7 atom stereocenters. The van der Waals surface area contributed by atoms with E-state index >= 15 is 0 Å². The van der Waals surface area contributed by atoms with Gasteiger partial charge in [0, 0.05) is 6.42 Å². The molecule has 0 spiro atoms. The van der Waals surface area contributed by atoms with Crippen LogP contribution in [0.5, 0.6) is 0 Å². The Balaban J connectivity index is 2.31. The van der Waals surface area contributed by atoms with Crippen molar-refractivity contribution in [1.29, 1.82) is 0 Å². The summed E-state index contributed by atoms with van der Waals surface area (Å²) in [6, 6.07) is -0.941. The first-order valence-electron chi connectivity index (χ1n) is 31.6. The maximum absolute atomic E-state index is 13.2. The molecule has 7 unspecified atom stereocenters. The number of allylic oxidation sites excluding steroid dienone is 1. The molecule has 12 nitrogen and oxygen atoms in total. The summed E-state index contributed by atoms with van der Waals surface area (Å²) in [6.45, 7) is 3.46. The molecule has 1 aliphatic heterocycles. The number of rotatable bonds is 56. The molecule has 1 rings (SSSR count). The Hall–Kier alpha value is -1.16. The molecular weight excluding hydrogens is 955 g/mol. The second kappa shape index (κ2) is 51.3. The highest BCUT2D eigenvalue weighted by Crippen LogP contribution is 2.26. The molecule has 0 aliphatic carbocycles. The Morgan fingerprint density at radius 3 is 1.18 bits per heavy atom. The molecule has 0 saturated carbocycles. The number of amides is 1. The lowest BCUT2D eigenvalue weighted by molar-refractivity contribution is -0.298. The van der Waals surface area contributed by atoms with Gasteiger partial charge in [0.15, 0.2) is 6.29 Å². The molecule has 0 aromatic carbocycles. The Morgan fingerprint density at radius 2 is 0.851 bits per heavy atom. The topological polar surface area (TPSA) is 192 Å². The minimum Gasteiger partial charge on any atom is -0.394 e. The summed E-state index contributed by atoms with van der Waals surface area (Å²) in [4.78, 5) is 13.2. The lowest BCUT2D eigenvalue weighted by Crippen LogP contribution is -2.61. The molecule has 440 valence electrons. The average Bonchev–Trinajstić information content (AvgIpc) is 3.38. The summed E-state index contributed by atoms with van der Waals surface area (Å²) >= 11 is 0. The molecule has 1 fully saturated rings.